The van der Waals surface area contributed by atoms with Gasteiger partial charge < -0.3 is 19.2 Å². The first-order valence-corrected chi connectivity index (χ1v) is 10.4. The lowest BCUT2D eigenvalue weighted by Crippen LogP contribution is -2.19. The van der Waals surface area contributed by atoms with Crippen LogP contribution in [0.3, 0.4) is 0 Å². The average molecular weight is 433 g/mol. The second-order valence-electron chi connectivity index (χ2n) is 6.79. The molecular weight excluding hydrogens is 408 g/mol. The van der Waals surface area contributed by atoms with Crippen molar-refractivity contribution in [1.82, 2.24) is 4.57 Å². The highest BCUT2D eigenvalue weighted by atomic mass is 35.5. The van der Waals surface area contributed by atoms with Crippen molar-refractivity contribution in [2.45, 2.75) is 39.7 Å². The van der Waals surface area contributed by atoms with Gasteiger partial charge in [-0.15, -0.1) is 0 Å². The summed E-state index contributed by atoms with van der Waals surface area (Å²) in [5.41, 5.74) is 1.60. The molecule has 0 spiro atoms. The third-order valence-corrected chi connectivity index (χ3v) is 4.58. The second kappa shape index (κ2) is 10.2. The number of carbonyl (C=O) groups excluding carboxylic acids is 1. The van der Waals surface area contributed by atoms with Gasteiger partial charge in [0, 0.05) is 35.8 Å². The molecule has 160 valence electrons. The van der Waals surface area contributed by atoms with Crippen molar-refractivity contribution in [2.24, 2.45) is 0 Å². The summed E-state index contributed by atoms with van der Waals surface area (Å²) in [5, 5.41) is 3.32. The zero-order valence-electron chi connectivity index (χ0n) is 17.1. The number of anilines is 1. The van der Waals surface area contributed by atoms with Gasteiger partial charge in [-0.05, 0) is 37.1 Å². The topological polar surface area (TPSA) is 82.7 Å². The van der Waals surface area contributed by atoms with Crippen LogP contribution in [0, 0.1) is 0 Å². The van der Waals surface area contributed by atoms with Crippen LogP contribution in [0.5, 0.6) is 11.5 Å². The van der Waals surface area contributed by atoms with Crippen LogP contribution in [0.1, 0.15) is 33.1 Å². The maximum Gasteiger partial charge on any atom is 0.419 e. The minimum Gasteiger partial charge on any atom is -0.490 e. The van der Waals surface area contributed by atoms with Crippen molar-refractivity contribution in [3.05, 3.63) is 52.0 Å². The summed E-state index contributed by atoms with van der Waals surface area (Å²) < 4.78 is 18.1. The quantitative estimate of drug-likeness (QED) is 0.495. The van der Waals surface area contributed by atoms with E-state index in [1.165, 1.54) is 4.57 Å². The maximum absolute atomic E-state index is 12.4. The monoisotopic (exact) mass is 432 g/mol. The van der Waals surface area contributed by atoms with Crippen LogP contribution in [0.4, 0.5) is 5.69 Å². The number of oxazole rings is 1. The summed E-state index contributed by atoms with van der Waals surface area (Å²) in [4.78, 5) is 24.5. The number of halogens is 1. The summed E-state index contributed by atoms with van der Waals surface area (Å²) in [7, 11) is 0. The largest absolute Gasteiger partial charge is 0.490 e. The molecule has 3 aromatic rings. The Bertz CT molecular complexity index is 1070. The van der Waals surface area contributed by atoms with E-state index in [2.05, 4.69) is 5.32 Å². The minimum absolute atomic E-state index is 0.108. The lowest BCUT2D eigenvalue weighted by molar-refractivity contribution is -0.116. The van der Waals surface area contributed by atoms with E-state index in [4.69, 9.17) is 25.5 Å². The van der Waals surface area contributed by atoms with Gasteiger partial charge in [0.25, 0.3) is 0 Å². The summed E-state index contributed by atoms with van der Waals surface area (Å²) in [5.74, 6) is 0.497. The Balaban J connectivity index is 1.67. The number of aryl methyl sites for hydroxylation is 1. The number of hydrogen-bond donors (Lipinski definition) is 1. The number of hydrogen-bond acceptors (Lipinski definition) is 5. The average Bonchev–Trinajstić information content (AvgIpc) is 3.03. The molecule has 0 fully saturated rings. The van der Waals surface area contributed by atoms with Gasteiger partial charge in [0.05, 0.1) is 18.7 Å². The zero-order valence-corrected chi connectivity index (χ0v) is 17.8. The molecule has 7 nitrogen and oxygen atoms in total. The molecule has 2 aromatic carbocycles. The van der Waals surface area contributed by atoms with Crippen LogP contribution >= 0.6 is 11.6 Å². The van der Waals surface area contributed by atoms with Gasteiger partial charge in [0.2, 0.25) is 5.91 Å². The van der Waals surface area contributed by atoms with E-state index in [1.54, 1.807) is 36.4 Å². The Morgan fingerprint density at radius 3 is 2.53 bits per heavy atom. The van der Waals surface area contributed by atoms with E-state index in [-0.39, 0.29) is 18.9 Å². The molecule has 1 amide bonds. The Kier molecular flexibility index (Phi) is 7.41. The standard InChI is InChI=1S/C22H25ClN2O5/c1-3-11-28-18-8-6-16(14-20(18)29-12-4-2)24-21(26)9-10-25-17-7-5-15(23)13-19(17)30-22(25)27/h5-8,13-14H,3-4,9-12H2,1-2H3,(H,24,26). The number of aromatic nitrogens is 1. The van der Waals surface area contributed by atoms with Crippen LogP contribution in [0.15, 0.2) is 45.6 Å². The van der Waals surface area contributed by atoms with Gasteiger partial charge in [0.1, 0.15) is 0 Å². The maximum atomic E-state index is 12.4. The fraction of sp³-hybridized carbons (Fsp3) is 0.364. The smallest absolute Gasteiger partial charge is 0.419 e. The van der Waals surface area contributed by atoms with Gasteiger partial charge >= 0.3 is 5.76 Å². The SMILES string of the molecule is CCCOc1ccc(NC(=O)CCn2c(=O)oc3cc(Cl)ccc32)cc1OCCC. The molecule has 0 aliphatic carbocycles. The number of benzene rings is 2. The molecule has 1 N–H and O–H groups in total. The first kappa shape index (κ1) is 21.8. The van der Waals surface area contributed by atoms with E-state index in [9.17, 15) is 9.59 Å². The molecule has 30 heavy (non-hydrogen) atoms. The van der Waals surface area contributed by atoms with Crippen molar-refractivity contribution >= 4 is 34.3 Å². The number of nitrogens with zero attached hydrogens (tertiary/aromatic N) is 1. The van der Waals surface area contributed by atoms with Crippen LogP contribution in [-0.4, -0.2) is 23.7 Å². The van der Waals surface area contributed by atoms with E-state index in [0.29, 0.717) is 46.5 Å². The second-order valence-corrected chi connectivity index (χ2v) is 7.22. The van der Waals surface area contributed by atoms with E-state index in [0.717, 1.165) is 12.8 Å². The molecule has 0 unspecified atom stereocenters. The van der Waals surface area contributed by atoms with E-state index in [1.807, 2.05) is 13.8 Å². The molecular formula is C22H25ClN2O5. The zero-order chi connectivity index (χ0) is 21.5. The Labute approximate surface area is 179 Å². The summed E-state index contributed by atoms with van der Waals surface area (Å²) >= 11 is 5.93. The van der Waals surface area contributed by atoms with Gasteiger partial charge in [0.15, 0.2) is 17.1 Å². The predicted octanol–water partition coefficient (Wildman–Crippen LogP) is 4.85. The van der Waals surface area contributed by atoms with Gasteiger partial charge in [-0.1, -0.05) is 25.4 Å². The van der Waals surface area contributed by atoms with Gasteiger partial charge in [-0.25, -0.2) is 4.79 Å². The number of carbonyl (C=O) groups is 1. The van der Waals surface area contributed by atoms with Crippen LogP contribution in [0.25, 0.3) is 11.1 Å². The Hall–Kier alpha value is -2.93. The lowest BCUT2D eigenvalue weighted by atomic mass is 10.2. The third-order valence-electron chi connectivity index (χ3n) is 4.34. The lowest BCUT2D eigenvalue weighted by Gasteiger charge is -2.14. The summed E-state index contributed by atoms with van der Waals surface area (Å²) in [6.45, 7) is 5.39. The summed E-state index contributed by atoms with van der Waals surface area (Å²) in [6, 6.07) is 10.3. The molecule has 1 aromatic heterocycles. The fourth-order valence-electron chi connectivity index (χ4n) is 2.93. The molecule has 1 heterocycles. The van der Waals surface area contributed by atoms with Crippen molar-refractivity contribution in [3.63, 3.8) is 0 Å². The first-order chi connectivity index (χ1) is 14.5. The number of fused-ring (bicyclic) bond motifs is 1. The van der Waals surface area contributed by atoms with Crippen molar-refractivity contribution < 1.29 is 18.7 Å². The molecule has 0 aliphatic heterocycles. The molecule has 0 saturated carbocycles. The number of amides is 1. The van der Waals surface area contributed by atoms with E-state index >= 15 is 0 Å². The van der Waals surface area contributed by atoms with Crippen LogP contribution in [-0.2, 0) is 11.3 Å². The van der Waals surface area contributed by atoms with Crippen molar-refractivity contribution in [3.8, 4) is 11.5 Å². The number of nitrogens with one attached hydrogen (secondary N) is 1. The predicted molar refractivity (Wildman–Crippen MR) is 117 cm³/mol. The third kappa shape index (κ3) is 5.36. The minimum atomic E-state index is -0.521. The highest BCUT2D eigenvalue weighted by Gasteiger charge is 2.13. The van der Waals surface area contributed by atoms with Gasteiger partial charge in [-0.3, -0.25) is 9.36 Å². The molecule has 3 rings (SSSR count). The van der Waals surface area contributed by atoms with Crippen LogP contribution < -0.4 is 20.5 Å². The van der Waals surface area contributed by atoms with Crippen molar-refractivity contribution in [2.75, 3.05) is 18.5 Å². The Morgan fingerprint density at radius 1 is 1.07 bits per heavy atom. The number of ether oxygens (including phenoxy) is 2. The van der Waals surface area contributed by atoms with E-state index < -0.39 is 5.76 Å². The molecule has 0 saturated heterocycles. The molecule has 0 atom stereocenters. The van der Waals surface area contributed by atoms with Crippen molar-refractivity contribution in [1.29, 1.82) is 0 Å². The summed E-state index contributed by atoms with van der Waals surface area (Å²) in [6.07, 6.45) is 1.86. The molecule has 0 bridgehead atoms. The first-order valence-electron chi connectivity index (χ1n) is 10.00. The van der Waals surface area contributed by atoms with Gasteiger partial charge in [-0.2, -0.15) is 0 Å². The molecule has 0 aliphatic rings. The number of rotatable bonds is 10. The molecule has 8 heteroatoms. The highest BCUT2D eigenvalue weighted by molar-refractivity contribution is 6.31. The fourth-order valence-corrected chi connectivity index (χ4v) is 3.09. The normalized spacial score (nSPS) is 10.9. The highest BCUT2D eigenvalue weighted by Crippen LogP contribution is 2.31. The Morgan fingerprint density at radius 2 is 1.80 bits per heavy atom. The van der Waals surface area contributed by atoms with Crippen LogP contribution in [0.2, 0.25) is 5.02 Å². The molecule has 0 radical (unpaired) electrons.